The second kappa shape index (κ2) is 5.29. The summed E-state index contributed by atoms with van der Waals surface area (Å²) in [5.41, 5.74) is 0.932. The molecule has 2 saturated carbocycles. The molecule has 0 spiro atoms. The summed E-state index contributed by atoms with van der Waals surface area (Å²) < 4.78 is 2.21. The monoisotopic (exact) mass is 245 g/mol. The van der Waals surface area contributed by atoms with Gasteiger partial charge in [0.1, 0.15) is 0 Å². The van der Waals surface area contributed by atoms with Crippen LogP contribution in [0.5, 0.6) is 0 Å². The van der Waals surface area contributed by atoms with Crippen molar-refractivity contribution < 1.29 is 4.79 Å². The summed E-state index contributed by atoms with van der Waals surface area (Å²) in [6.07, 6.45) is 14.7. The first kappa shape index (κ1) is 12.0. The Bertz CT molecular complexity index is 410. The van der Waals surface area contributed by atoms with Crippen molar-refractivity contribution in [2.24, 2.45) is 11.8 Å². The third-order valence-corrected chi connectivity index (χ3v) is 4.50. The molecule has 0 amide bonds. The zero-order valence-electron chi connectivity index (χ0n) is 11.1. The summed E-state index contributed by atoms with van der Waals surface area (Å²) in [6.45, 7) is 1.09. The molecule has 1 heterocycles. The summed E-state index contributed by atoms with van der Waals surface area (Å²) in [5.74, 6) is 1.63. The van der Waals surface area contributed by atoms with E-state index in [0.717, 1.165) is 30.9 Å². The van der Waals surface area contributed by atoms with Gasteiger partial charge in [0, 0.05) is 30.4 Å². The molecule has 1 aromatic heterocycles. The summed E-state index contributed by atoms with van der Waals surface area (Å²) in [4.78, 5) is 11.9. The molecule has 2 nitrogen and oxygen atoms in total. The van der Waals surface area contributed by atoms with E-state index in [-0.39, 0.29) is 0 Å². The third-order valence-electron chi connectivity index (χ3n) is 4.50. The van der Waals surface area contributed by atoms with Crippen LogP contribution in [0.1, 0.15) is 61.7 Å². The lowest BCUT2D eigenvalue weighted by atomic mass is 9.87. The van der Waals surface area contributed by atoms with E-state index in [4.69, 9.17) is 0 Å². The lowest BCUT2D eigenvalue weighted by Gasteiger charge is -2.21. The van der Waals surface area contributed by atoms with Crippen LogP contribution in [0.4, 0.5) is 0 Å². The van der Waals surface area contributed by atoms with Crippen LogP contribution in [-0.4, -0.2) is 10.4 Å². The van der Waals surface area contributed by atoms with Crippen LogP contribution in [0.3, 0.4) is 0 Å². The van der Waals surface area contributed by atoms with Crippen LogP contribution in [0, 0.1) is 11.8 Å². The fourth-order valence-corrected chi connectivity index (χ4v) is 3.11. The molecule has 0 unspecified atom stereocenters. The van der Waals surface area contributed by atoms with Gasteiger partial charge in [-0.2, -0.15) is 0 Å². The molecule has 2 aliphatic carbocycles. The average Bonchev–Trinajstić information content (AvgIpc) is 3.15. The Morgan fingerprint density at radius 2 is 1.94 bits per heavy atom. The molecule has 2 aliphatic rings. The maximum atomic E-state index is 11.9. The van der Waals surface area contributed by atoms with Gasteiger partial charge in [-0.25, -0.2) is 0 Å². The number of ketones is 1. The highest BCUT2D eigenvalue weighted by atomic mass is 16.1. The van der Waals surface area contributed by atoms with Crippen molar-refractivity contribution in [1.82, 2.24) is 4.57 Å². The van der Waals surface area contributed by atoms with Gasteiger partial charge >= 0.3 is 0 Å². The topological polar surface area (TPSA) is 22.0 Å². The average molecular weight is 245 g/mol. The number of nitrogens with zero attached hydrogens (tertiary/aromatic N) is 1. The van der Waals surface area contributed by atoms with Crippen molar-refractivity contribution >= 4 is 5.78 Å². The first-order valence-corrected chi connectivity index (χ1v) is 7.53. The molecular weight excluding hydrogens is 222 g/mol. The molecule has 2 heteroatoms. The van der Waals surface area contributed by atoms with Gasteiger partial charge in [0.05, 0.1) is 0 Å². The molecular formula is C16H23NO. The maximum absolute atomic E-state index is 11.9. The van der Waals surface area contributed by atoms with E-state index >= 15 is 0 Å². The van der Waals surface area contributed by atoms with Crippen LogP contribution < -0.4 is 0 Å². The van der Waals surface area contributed by atoms with Crippen LogP contribution in [0.25, 0.3) is 0 Å². The van der Waals surface area contributed by atoms with Crippen LogP contribution in [0.2, 0.25) is 0 Å². The predicted molar refractivity (Wildman–Crippen MR) is 72.7 cm³/mol. The quantitative estimate of drug-likeness (QED) is 0.717. The Morgan fingerprint density at radius 1 is 1.17 bits per heavy atom. The Balaban J connectivity index is 1.51. The molecule has 3 rings (SSSR count). The van der Waals surface area contributed by atoms with Crippen LogP contribution in [0.15, 0.2) is 18.5 Å². The van der Waals surface area contributed by atoms with Gasteiger partial charge in [0.15, 0.2) is 5.78 Å². The fourth-order valence-electron chi connectivity index (χ4n) is 3.11. The number of rotatable bonds is 5. The molecule has 1 aromatic rings. The highest BCUT2D eigenvalue weighted by Gasteiger charge is 2.30. The number of hydrogen-bond acceptors (Lipinski definition) is 1. The third kappa shape index (κ3) is 2.85. The zero-order valence-corrected chi connectivity index (χ0v) is 11.1. The fraction of sp³-hybridized carbons (Fsp3) is 0.688. The van der Waals surface area contributed by atoms with Gasteiger partial charge in [0.25, 0.3) is 0 Å². The van der Waals surface area contributed by atoms with Crippen molar-refractivity contribution in [3.05, 3.63) is 24.0 Å². The number of carbonyl (C=O) groups is 1. The SMILES string of the molecule is O=C(c1ccn(CCC2CCCCC2)c1)C1CC1. The summed E-state index contributed by atoms with van der Waals surface area (Å²) in [5, 5.41) is 0. The molecule has 0 atom stereocenters. The minimum absolute atomic E-state index is 0.346. The Morgan fingerprint density at radius 3 is 2.67 bits per heavy atom. The molecule has 98 valence electrons. The number of hydrogen-bond donors (Lipinski definition) is 0. The van der Waals surface area contributed by atoms with E-state index in [2.05, 4.69) is 17.0 Å². The van der Waals surface area contributed by atoms with E-state index in [1.807, 2.05) is 6.07 Å². The van der Waals surface area contributed by atoms with Gasteiger partial charge in [-0.1, -0.05) is 32.1 Å². The van der Waals surface area contributed by atoms with Gasteiger partial charge in [-0.05, 0) is 31.2 Å². The van der Waals surface area contributed by atoms with E-state index in [9.17, 15) is 4.79 Å². The molecule has 0 aliphatic heterocycles. The van der Waals surface area contributed by atoms with Gasteiger partial charge in [-0.3, -0.25) is 4.79 Å². The van der Waals surface area contributed by atoms with Gasteiger partial charge < -0.3 is 4.57 Å². The van der Waals surface area contributed by atoms with Gasteiger partial charge in [-0.15, -0.1) is 0 Å². The second-order valence-corrected chi connectivity index (χ2v) is 6.07. The molecule has 0 radical (unpaired) electrons. The number of aromatic nitrogens is 1. The van der Waals surface area contributed by atoms with Crippen LogP contribution in [-0.2, 0) is 6.54 Å². The van der Waals surface area contributed by atoms with Crippen molar-refractivity contribution in [1.29, 1.82) is 0 Å². The molecule has 2 fully saturated rings. The van der Waals surface area contributed by atoms with E-state index in [1.54, 1.807) is 0 Å². The molecule has 0 N–H and O–H groups in total. The minimum Gasteiger partial charge on any atom is -0.353 e. The molecule has 0 aromatic carbocycles. The lowest BCUT2D eigenvalue weighted by molar-refractivity contribution is 0.0967. The highest BCUT2D eigenvalue weighted by molar-refractivity contribution is 5.99. The first-order chi connectivity index (χ1) is 8.83. The largest absolute Gasteiger partial charge is 0.353 e. The lowest BCUT2D eigenvalue weighted by Crippen LogP contribution is -2.09. The minimum atomic E-state index is 0.346. The van der Waals surface area contributed by atoms with Crippen LogP contribution >= 0.6 is 0 Å². The van der Waals surface area contributed by atoms with Crippen molar-refractivity contribution in [2.75, 3.05) is 0 Å². The van der Waals surface area contributed by atoms with E-state index < -0.39 is 0 Å². The Hall–Kier alpha value is -1.05. The van der Waals surface area contributed by atoms with E-state index in [1.165, 1.54) is 38.5 Å². The standard InChI is InChI=1S/C16H23NO/c18-16(14-6-7-14)15-9-11-17(12-15)10-8-13-4-2-1-3-5-13/h9,11-14H,1-8,10H2. The summed E-state index contributed by atoms with van der Waals surface area (Å²) in [7, 11) is 0. The number of carbonyl (C=O) groups excluding carboxylic acids is 1. The second-order valence-electron chi connectivity index (χ2n) is 6.07. The first-order valence-electron chi connectivity index (χ1n) is 7.53. The Labute approximate surface area is 109 Å². The summed E-state index contributed by atoms with van der Waals surface area (Å²) in [6, 6.07) is 2.00. The number of Topliss-reactive ketones (excluding diaryl/α,β-unsaturated/α-hetero) is 1. The smallest absolute Gasteiger partial charge is 0.167 e. The van der Waals surface area contributed by atoms with Crippen molar-refractivity contribution in [2.45, 2.75) is 57.9 Å². The van der Waals surface area contributed by atoms with Crippen molar-refractivity contribution in [3.63, 3.8) is 0 Å². The number of aryl methyl sites for hydroxylation is 1. The summed E-state index contributed by atoms with van der Waals surface area (Å²) >= 11 is 0. The maximum Gasteiger partial charge on any atom is 0.167 e. The van der Waals surface area contributed by atoms with E-state index in [0.29, 0.717) is 11.7 Å². The normalized spacial score (nSPS) is 21.1. The predicted octanol–water partition coefficient (Wildman–Crippen LogP) is 4.05. The Kier molecular flexibility index (Phi) is 3.53. The van der Waals surface area contributed by atoms with Gasteiger partial charge in [0.2, 0.25) is 0 Å². The molecule has 18 heavy (non-hydrogen) atoms. The van der Waals surface area contributed by atoms with Crippen molar-refractivity contribution in [3.8, 4) is 0 Å². The molecule has 0 bridgehead atoms. The zero-order chi connectivity index (χ0) is 12.4. The molecule has 0 saturated heterocycles. The highest BCUT2D eigenvalue weighted by Crippen LogP contribution is 2.32.